The van der Waals surface area contributed by atoms with E-state index in [2.05, 4.69) is 15.8 Å². The first-order chi connectivity index (χ1) is 15.5. The number of hydrogen-bond acceptors (Lipinski definition) is 5. The summed E-state index contributed by atoms with van der Waals surface area (Å²) >= 11 is 1.36. The highest BCUT2D eigenvalue weighted by molar-refractivity contribution is 8.00. The molecule has 0 bridgehead atoms. The van der Waals surface area contributed by atoms with E-state index >= 15 is 0 Å². The van der Waals surface area contributed by atoms with Gasteiger partial charge in [-0.05, 0) is 24.6 Å². The molecule has 0 aliphatic carbocycles. The number of amides is 3. The average Bonchev–Trinajstić information content (AvgIpc) is 3.17. The van der Waals surface area contributed by atoms with E-state index in [4.69, 9.17) is 0 Å². The van der Waals surface area contributed by atoms with E-state index in [1.807, 2.05) is 61.5 Å². The summed E-state index contributed by atoms with van der Waals surface area (Å²) in [6.07, 6.45) is 1.86. The van der Waals surface area contributed by atoms with Crippen molar-refractivity contribution in [2.45, 2.75) is 24.8 Å². The van der Waals surface area contributed by atoms with E-state index in [9.17, 15) is 14.4 Å². The number of para-hydroxylation sites is 1. The van der Waals surface area contributed by atoms with Gasteiger partial charge in [-0.2, -0.15) is 0 Å². The number of carbonyl (C=O) groups is 3. The van der Waals surface area contributed by atoms with Crippen molar-refractivity contribution in [3.63, 3.8) is 0 Å². The number of fused-ring (bicyclic) bond motifs is 1. The van der Waals surface area contributed by atoms with Gasteiger partial charge < -0.3 is 4.90 Å². The maximum absolute atomic E-state index is 12.5. The number of hydrazine groups is 1. The van der Waals surface area contributed by atoms with Crippen LogP contribution in [0.5, 0.6) is 0 Å². The molecule has 1 aromatic heterocycles. The molecule has 3 aromatic rings. The predicted octanol–water partition coefficient (Wildman–Crippen LogP) is 2.83. The summed E-state index contributed by atoms with van der Waals surface area (Å²) in [7, 11) is 0. The first-order valence-corrected chi connectivity index (χ1v) is 11.4. The van der Waals surface area contributed by atoms with Crippen LogP contribution in [0.1, 0.15) is 17.5 Å². The second-order valence-electron chi connectivity index (χ2n) is 7.82. The molecule has 2 heterocycles. The first-order valence-electron chi connectivity index (χ1n) is 10.4. The van der Waals surface area contributed by atoms with Crippen LogP contribution in [0.4, 0.5) is 0 Å². The minimum Gasteiger partial charge on any atom is -0.338 e. The van der Waals surface area contributed by atoms with Crippen LogP contribution >= 0.6 is 11.8 Å². The topological polar surface area (TPSA) is 91.4 Å². The van der Waals surface area contributed by atoms with Gasteiger partial charge in [0.1, 0.15) is 0 Å². The van der Waals surface area contributed by atoms with E-state index in [-0.39, 0.29) is 29.9 Å². The third kappa shape index (κ3) is 5.26. The van der Waals surface area contributed by atoms with E-state index in [0.29, 0.717) is 13.1 Å². The second-order valence-corrected chi connectivity index (χ2v) is 8.84. The molecule has 2 aromatic carbocycles. The van der Waals surface area contributed by atoms with Crippen LogP contribution in [0, 0.1) is 12.8 Å². The zero-order valence-corrected chi connectivity index (χ0v) is 18.5. The lowest BCUT2D eigenvalue weighted by Crippen LogP contribution is -2.45. The number of carbonyl (C=O) groups excluding carboxylic acids is 3. The zero-order chi connectivity index (χ0) is 22.5. The summed E-state index contributed by atoms with van der Waals surface area (Å²) in [6.45, 7) is 2.83. The molecule has 1 fully saturated rings. The molecule has 1 atom stereocenters. The Kier molecular flexibility index (Phi) is 6.70. The fourth-order valence-electron chi connectivity index (χ4n) is 3.62. The predicted molar refractivity (Wildman–Crippen MR) is 123 cm³/mol. The smallest absolute Gasteiger partial charge is 0.248 e. The fourth-order valence-corrected chi connectivity index (χ4v) is 4.46. The quantitative estimate of drug-likeness (QED) is 0.447. The Balaban J connectivity index is 1.25. The molecule has 1 saturated heterocycles. The van der Waals surface area contributed by atoms with Gasteiger partial charge in [0.15, 0.2) is 0 Å². The molecule has 4 rings (SSSR count). The summed E-state index contributed by atoms with van der Waals surface area (Å²) in [4.78, 5) is 44.0. The van der Waals surface area contributed by atoms with Crippen LogP contribution in [0.25, 0.3) is 10.9 Å². The van der Waals surface area contributed by atoms with Crippen molar-refractivity contribution in [1.82, 2.24) is 20.7 Å². The maximum Gasteiger partial charge on any atom is 0.248 e. The minimum atomic E-state index is -0.483. The number of hydrogen-bond donors (Lipinski definition) is 2. The van der Waals surface area contributed by atoms with Crippen molar-refractivity contribution >= 4 is 40.4 Å². The summed E-state index contributed by atoms with van der Waals surface area (Å²) in [5, 5.41) is 1.01. The maximum atomic E-state index is 12.5. The highest BCUT2D eigenvalue weighted by Gasteiger charge is 2.34. The Morgan fingerprint density at radius 2 is 1.88 bits per heavy atom. The molecule has 7 nitrogen and oxygen atoms in total. The SMILES string of the molecule is Cc1ccc(CN2C[C@@H](C(=O)NNC(=O)CSc3cccc4cccnc34)CC2=O)cc1. The molecule has 164 valence electrons. The Morgan fingerprint density at radius 1 is 1.09 bits per heavy atom. The van der Waals surface area contributed by atoms with Crippen molar-refractivity contribution in [3.8, 4) is 0 Å². The van der Waals surface area contributed by atoms with Crippen molar-refractivity contribution in [3.05, 3.63) is 71.9 Å². The van der Waals surface area contributed by atoms with Crippen LogP contribution in [0.15, 0.2) is 65.7 Å². The Labute approximate surface area is 190 Å². The van der Waals surface area contributed by atoms with E-state index in [1.165, 1.54) is 11.8 Å². The number of pyridine rings is 1. The molecule has 0 unspecified atom stereocenters. The summed E-state index contributed by atoms with van der Waals surface area (Å²) in [6, 6.07) is 17.6. The standard InChI is InChI=1S/C24H24N4O3S/c1-16-7-9-17(10-8-16)13-28-14-19(12-22(28)30)24(31)27-26-21(29)15-32-20-6-2-4-18-5-3-11-25-23(18)20/h2-11,19H,12-15H2,1H3,(H,26,29)(H,27,31)/t19-/m0/s1. The average molecular weight is 449 g/mol. The molecule has 0 radical (unpaired) electrons. The van der Waals surface area contributed by atoms with Gasteiger partial charge in [0.25, 0.3) is 0 Å². The zero-order valence-electron chi connectivity index (χ0n) is 17.7. The normalized spacial score (nSPS) is 15.7. The fraction of sp³-hybridized carbons (Fsp3) is 0.250. The van der Waals surface area contributed by atoms with Crippen LogP contribution in [-0.2, 0) is 20.9 Å². The first kappa shape index (κ1) is 21.8. The largest absolute Gasteiger partial charge is 0.338 e. The van der Waals surface area contributed by atoms with Crippen molar-refractivity contribution in [1.29, 1.82) is 0 Å². The lowest BCUT2D eigenvalue weighted by atomic mass is 10.1. The highest BCUT2D eigenvalue weighted by atomic mass is 32.2. The van der Waals surface area contributed by atoms with Gasteiger partial charge in [-0.15, -0.1) is 11.8 Å². The van der Waals surface area contributed by atoms with Crippen LogP contribution in [0.2, 0.25) is 0 Å². The lowest BCUT2D eigenvalue weighted by Gasteiger charge is -2.17. The van der Waals surface area contributed by atoms with Crippen molar-refractivity contribution in [2.75, 3.05) is 12.3 Å². The number of thioether (sulfide) groups is 1. The number of nitrogens with zero attached hydrogens (tertiary/aromatic N) is 2. The molecule has 3 amide bonds. The minimum absolute atomic E-state index is 0.0592. The third-order valence-corrected chi connectivity index (χ3v) is 6.41. The summed E-state index contributed by atoms with van der Waals surface area (Å²) in [5.41, 5.74) is 7.94. The summed E-state index contributed by atoms with van der Waals surface area (Å²) in [5.74, 6) is -1.08. The number of benzene rings is 2. The molecular weight excluding hydrogens is 424 g/mol. The molecule has 1 aliphatic heterocycles. The van der Waals surface area contributed by atoms with Crippen molar-refractivity contribution < 1.29 is 14.4 Å². The Bertz CT molecular complexity index is 1140. The number of aryl methyl sites for hydroxylation is 1. The van der Waals surface area contributed by atoms with Gasteiger partial charge in [-0.25, -0.2) is 0 Å². The van der Waals surface area contributed by atoms with Crippen LogP contribution in [-0.4, -0.2) is 39.9 Å². The van der Waals surface area contributed by atoms with E-state index in [0.717, 1.165) is 26.9 Å². The van der Waals surface area contributed by atoms with Gasteiger partial charge in [-0.3, -0.25) is 30.2 Å². The van der Waals surface area contributed by atoms with Gasteiger partial charge in [0.2, 0.25) is 17.7 Å². The van der Waals surface area contributed by atoms with E-state index < -0.39 is 5.92 Å². The molecule has 2 N–H and O–H groups in total. The van der Waals surface area contributed by atoms with Gasteiger partial charge in [0.05, 0.1) is 17.2 Å². The molecule has 0 spiro atoms. The second kappa shape index (κ2) is 9.82. The van der Waals surface area contributed by atoms with Gasteiger partial charge >= 0.3 is 0 Å². The number of likely N-dealkylation sites (tertiary alicyclic amines) is 1. The number of rotatable bonds is 6. The number of aromatic nitrogens is 1. The molecule has 8 heteroatoms. The van der Waals surface area contributed by atoms with Crippen LogP contribution < -0.4 is 10.9 Å². The molecule has 0 saturated carbocycles. The van der Waals surface area contributed by atoms with Gasteiger partial charge in [-0.1, -0.05) is 48.0 Å². The molecular formula is C24H24N4O3S. The van der Waals surface area contributed by atoms with Crippen molar-refractivity contribution in [2.24, 2.45) is 5.92 Å². The number of nitrogens with one attached hydrogen (secondary N) is 2. The highest BCUT2D eigenvalue weighted by Crippen LogP contribution is 2.26. The van der Waals surface area contributed by atoms with E-state index in [1.54, 1.807) is 11.1 Å². The molecule has 32 heavy (non-hydrogen) atoms. The van der Waals surface area contributed by atoms with Gasteiger partial charge in [0, 0.05) is 36.0 Å². The Hall–Kier alpha value is -3.39. The third-order valence-electron chi connectivity index (χ3n) is 5.36. The molecule has 1 aliphatic rings. The lowest BCUT2D eigenvalue weighted by molar-refractivity contribution is -0.130. The van der Waals surface area contributed by atoms with Crippen LogP contribution in [0.3, 0.4) is 0 Å². The monoisotopic (exact) mass is 448 g/mol. The summed E-state index contributed by atoms with van der Waals surface area (Å²) < 4.78 is 0. The Morgan fingerprint density at radius 3 is 2.69 bits per heavy atom.